The molecule has 0 saturated carbocycles. The summed E-state index contributed by atoms with van der Waals surface area (Å²) in [4.78, 5) is 37.8. The van der Waals surface area contributed by atoms with Gasteiger partial charge in [-0.2, -0.15) is 0 Å². The highest BCUT2D eigenvalue weighted by Crippen LogP contribution is 2.22. The fourth-order valence-corrected chi connectivity index (χ4v) is 3.99. The van der Waals surface area contributed by atoms with Gasteiger partial charge in [-0.1, -0.05) is 30.0 Å². The number of carbonyl (C=O) groups excluding carboxylic acids is 1. The molecule has 0 radical (unpaired) electrons. The van der Waals surface area contributed by atoms with Gasteiger partial charge in [0.25, 0.3) is 5.56 Å². The Hall–Kier alpha value is -3.05. The van der Waals surface area contributed by atoms with E-state index >= 15 is 0 Å². The van der Waals surface area contributed by atoms with Gasteiger partial charge >= 0.3 is 5.69 Å². The number of hydrogen-bond acceptors (Lipinski definition) is 6. The third-order valence-corrected chi connectivity index (χ3v) is 6.00. The summed E-state index contributed by atoms with van der Waals surface area (Å²) in [6.45, 7) is 4.42. The van der Waals surface area contributed by atoms with Crippen LogP contribution in [0.25, 0.3) is 5.69 Å². The second-order valence-corrected chi connectivity index (χ2v) is 8.30. The molecule has 2 N–H and O–H groups in total. The predicted molar refractivity (Wildman–Crippen MR) is 119 cm³/mol. The molecule has 11 heteroatoms. The molecule has 31 heavy (non-hydrogen) atoms. The first kappa shape index (κ1) is 22.6. The largest absolute Gasteiger partial charge is 0.385 e. The molecule has 1 atom stereocenters. The molecule has 3 aromatic rings. The fraction of sp³-hybridized carbons (Fsp3) is 0.400. The van der Waals surface area contributed by atoms with E-state index in [4.69, 9.17) is 4.74 Å². The van der Waals surface area contributed by atoms with Crippen molar-refractivity contribution in [1.29, 1.82) is 0 Å². The number of anilines is 1. The van der Waals surface area contributed by atoms with Crippen LogP contribution in [0, 0.1) is 6.92 Å². The summed E-state index contributed by atoms with van der Waals surface area (Å²) in [7, 11) is 3.36. The quantitative estimate of drug-likeness (QED) is 0.380. The highest BCUT2D eigenvalue weighted by atomic mass is 32.2. The molecule has 0 spiro atoms. The summed E-state index contributed by atoms with van der Waals surface area (Å²) < 4.78 is 9.70. The van der Waals surface area contributed by atoms with Crippen molar-refractivity contribution < 1.29 is 9.53 Å². The minimum Gasteiger partial charge on any atom is -0.385 e. The van der Waals surface area contributed by atoms with E-state index in [2.05, 4.69) is 15.5 Å². The van der Waals surface area contributed by atoms with E-state index in [1.807, 2.05) is 30.3 Å². The second kappa shape index (κ2) is 9.84. The molecule has 0 fully saturated rings. The van der Waals surface area contributed by atoms with Crippen LogP contribution < -0.4 is 16.6 Å². The Bertz CT molecular complexity index is 1160. The topological polar surface area (TPSA) is 116 Å². The monoisotopic (exact) mass is 446 g/mol. The summed E-state index contributed by atoms with van der Waals surface area (Å²) in [6.07, 6.45) is 0.645. The lowest BCUT2D eigenvalue weighted by molar-refractivity contribution is -0.115. The van der Waals surface area contributed by atoms with Crippen LogP contribution in [-0.2, 0) is 23.1 Å². The number of benzene rings is 1. The van der Waals surface area contributed by atoms with Gasteiger partial charge < -0.3 is 10.1 Å². The maximum Gasteiger partial charge on any atom is 0.343 e. The number of H-pyrrole nitrogens is 1. The van der Waals surface area contributed by atoms with Crippen molar-refractivity contribution in [3.63, 3.8) is 0 Å². The van der Waals surface area contributed by atoms with Crippen molar-refractivity contribution in [2.24, 2.45) is 7.05 Å². The van der Waals surface area contributed by atoms with Crippen molar-refractivity contribution in [1.82, 2.24) is 24.1 Å². The minimum atomic E-state index is -0.583. The number of hydrogen-bond donors (Lipinski definition) is 2. The Kier molecular flexibility index (Phi) is 7.18. The SMILES string of the molecule is COCCCn1c(S[C@H](C)C(=O)Nc2c(C)n(C)n(-c3ccccc3)c2=O)n[nH]c1=O. The lowest BCUT2D eigenvalue weighted by Gasteiger charge is -2.11. The molecule has 166 valence electrons. The van der Waals surface area contributed by atoms with Crippen LogP contribution in [0.2, 0.25) is 0 Å². The Labute approximate surface area is 183 Å². The number of para-hydroxylation sites is 1. The number of rotatable bonds is 9. The number of nitrogens with zero attached hydrogens (tertiary/aromatic N) is 4. The molecule has 0 saturated heterocycles. The number of methoxy groups -OCH3 is 1. The molecule has 0 unspecified atom stereocenters. The predicted octanol–water partition coefficient (Wildman–Crippen LogP) is 1.53. The van der Waals surface area contributed by atoms with Gasteiger partial charge in [0.2, 0.25) is 5.91 Å². The Morgan fingerprint density at radius 3 is 2.68 bits per heavy atom. The summed E-state index contributed by atoms with van der Waals surface area (Å²) in [5.74, 6) is -0.352. The molecule has 2 aromatic heterocycles. The second-order valence-electron chi connectivity index (χ2n) is 7.00. The van der Waals surface area contributed by atoms with Gasteiger partial charge in [-0.15, -0.1) is 5.10 Å². The summed E-state index contributed by atoms with van der Waals surface area (Å²) in [5, 5.41) is 9.01. The molecule has 0 aliphatic rings. The average molecular weight is 447 g/mol. The average Bonchev–Trinajstić information content (AvgIpc) is 3.20. The van der Waals surface area contributed by atoms with Crippen LogP contribution in [0.3, 0.4) is 0 Å². The molecule has 2 heterocycles. The zero-order valence-electron chi connectivity index (χ0n) is 17.9. The van der Waals surface area contributed by atoms with E-state index in [9.17, 15) is 14.4 Å². The summed E-state index contributed by atoms with van der Waals surface area (Å²) in [5.41, 5.74) is 0.917. The van der Waals surface area contributed by atoms with Crippen molar-refractivity contribution in [3.05, 3.63) is 56.9 Å². The first-order chi connectivity index (χ1) is 14.8. The minimum absolute atomic E-state index is 0.225. The molecule has 1 aromatic carbocycles. The molecular formula is C20H26N6O4S. The number of amides is 1. The molecule has 3 rings (SSSR count). The van der Waals surface area contributed by atoms with Crippen LogP contribution >= 0.6 is 11.8 Å². The van der Waals surface area contributed by atoms with Gasteiger partial charge in [0, 0.05) is 27.3 Å². The van der Waals surface area contributed by atoms with E-state index in [-0.39, 0.29) is 22.8 Å². The number of ether oxygens (including phenoxy) is 1. The first-order valence-electron chi connectivity index (χ1n) is 9.80. The molecule has 10 nitrogen and oxygen atoms in total. The van der Waals surface area contributed by atoms with Gasteiger partial charge in [0.15, 0.2) is 5.16 Å². The van der Waals surface area contributed by atoms with Crippen molar-refractivity contribution in [2.45, 2.75) is 37.2 Å². The van der Waals surface area contributed by atoms with E-state index in [0.717, 1.165) is 11.8 Å². The van der Waals surface area contributed by atoms with Gasteiger partial charge in [0.05, 0.1) is 16.6 Å². The Morgan fingerprint density at radius 1 is 1.29 bits per heavy atom. The number of nitrogens with one attached hydrogen (secondary N) is 2. The Balaban J connectivity index is 1.77. The normalized spacial score (nSPS) is 12.1. The zero-order chi connectivity index (χ0) is 22.5. The third-order valence-electron chi connectivity index (χ3n) is 4.91. The number of aromatic amines is 1. The standard InChI is InChI=1S/C20H26N6O4S/c1-13-16(18(28)26(24(13)3)15-9-6-5-7-10-15)21-17(27)14(2)31-20-23-22-19(29)25(20)11-8-12-30-4/h5-7,9-10,14H,8,11-12H2,1-4H3,(H,21,27)(H,22,29)/t14-/m1/s1. The molecule has 0 aliphatic carbocycles. The van der Waals surface area contributed by atoms with E-state index in [0.29, 0.717) is 36.1 Å². The van der Waals surface area contributed by atoms with E-state index < -0.39 is 5.25 Å². The van der Waals surface area contributed by atoms with Gasteiger partial charge in [-0.05, 0) is 32.4 Å². The van der Waals surface area contributed by atoms with Crippen LogP contribution in [0.1, 0.15) is 19.0 Å². The van der Waals surface area contributed by atoms with Crippen LogP contribution in [0.4, 0.5) is 5.69 Å². The third kappa shape index (κ3) is 4.83. The van der Waals surface area contributed by atoms with Crippen LogP contribution in [0.15, 0.2) is 45.1 Å². The fourth-order valence-electron chi connectivity index (χ4n) is 3.11. The van der Waals surface area contributed by atoms with Gasteiger partial charge in [-0.3, -0.25) is 18.8 Å². The lowest BCUT2D eigenvalue weighted by Crippen LogP contribution is -2.27. The molecule has 0 bridgehead atoms. The van der Waals surface area contributed by atoms with Crippen LogP contribution in [-0.4, -0.2) is 49.0 Å². The van der Waals surface area contributed by atoms with Gasteiger partial charge in [0.1, 0.15) is 5.69 Å². The maximum absolute atomic E-state index is 13.0. The highest BCUT2D eigenvalue weighted by molar-refractivity contribution is 8.00. The van der Waals surface area contributed by atoms with Gasteiger partial charge in [-0.25, -0.2) is 14.6 Å². The molecule has 0 aliphatic heterocycles. The van der Waals surface area contributed by atoms with Crippen LogP contribution in [0.5, 0.6) is 0 Å². The summed E-state index contributed by atoms with van der Waals surface area (Å²) >= 11 is 1.15. The Morgan fingerprint density at radius 2 is 2.00 bits per heavy atom. The smallest absolute Gasteiger partial charge is 0.343 e. The lowest BCUT2D eigenvalue weighted by atomic mass is 10.3. The van der Waals surface area contributed by atoms with Crippen molar-refractivity contribution >= 4 is 23.4 Å². The number of thioether (sulfide) groups is 1. The van der Waals surface area contributed by atoms with Crippen molar-refractivity contribution in [3.8, 4) is 5.69 Å². The number of carbonyl (C=O) groups is 1. The number of aromatic nitrogens is 5. The van der Waals surface area contributed by atoms with Crippen molar-refractivity contribution in [2.75, 3.05) is 19.0 Å². The molecular weight excluding hydrogens is 420 g/mol. The summed E-state index contributed by atoms with van der Waals surface area (Å²) in [6, 6.07) is 9.21. The zero-order valence-corrected chi connectivity index (χ0v) is 18.7. The maximum atomic E-state index is 13.0. The molecule has 1 amide bonds. The highest BCUT2D eigenvalue weighted by Gasteiger charge is 2.23. The van der Waals surface area contributed by atoms with E-state index in [1.54, 1.807) is 32.7 Å². The van der Waals surface area contributed by atoms with E-state index in [1.165, 1.54) is 9.25 Å². The first-order valence-corrected chi connectivity index (χ1v) is 10.7.